The van der Waals surface area contributed by atoms with Crippen molar-refractivity contribution in [1.82, 2.24) is 5.32 Å². The average molecular weight is 259 g/mol. The predicted octanol–water partition coefficient (Wildman–Crippen LogP) is 1.83. The molecule has 1 aromatic rings. The van der Waals surface area contributed by atoms with E-state index in [4.69, 9.17) is 0 Å². The van der Waals surface area contributed by atoms with E-state index in [0.29, 0.717) is 0 Å². The summed E-state index contributed by atoms with van der Waals surface area (Å²) in [5.41, 5.74) is 2.14. The van der Waals surface area contributed by atoms with Gasteiger partial charge in [-0.15, -0.1) is 0 Å². The van der Waals surface area contributed by atoms with Crippen LogP contribution in [0.25, 0.3) is 0 Å². The van der Waals surface area contributed by atoms with E-state index >= 15 is 0 Å². The van der Waals surface area contributed by atoms with Crippen molar-refractivity contribution >= 4 is 17.3 Å². The second-order valence-electron chi connectivity index (χ2n) is 5.42. The molecule has 4 nitrogen and oxygen atoms in total. The van der Waals surface area contributed by atoms with Gasteiger partial charge in [-0.05, 0) is 44.0 Å². The number of benzene rings is 1. The van der Waals surface area contributed by atoms with Gasteiger partial charge in [0.15, 0.2) is 0 Å². The molecule has 19 heavy (non-hydrogen) atoms. The Balaban J connectivity index is 1.66. The summed E-state index contributed by atoms with van der Waals surface area (Å²) in [4.78, 5) is 14.5. The van der Waals surface area contributed by atoms with E-state index in [1.165, 1.54) is 18.5 Å². The highest BCUT2D eigenvalue weighted by molar-refractivity contribution is 5.93. The van der Waals surface area contributed by atoms with Gasteiger partial charge in [0.2, 0.25) is 5.91 Å². The lowest BCUT2D eigenvalue weighted by Crippen LogP contribution is -2.25. The molecule has 2 aliphatic heterocycles. The highest BCUT2D eigenvalue weighted by atomic mass is 16.1. The smallest absolute Gasteiger partial charge is 0.228 e. The highest BCUT2D eigenvalue weighted by Gasteiger charge is 2.22. The van der Waals surface area contributed by atoms with Crippen molar-refractivity contribution in [1.29, 1.82) is 0 Å². The molecular weight excluding hydrogens is 238 g/mol. The van der Waals surface area contributed by atoms with Crippen molar-refractivity contribution in [3.63, 3.8) is 0 Å². The maximum atomic E-state index is 12.1. The van der Waals surface area contributed by atoms with Gasteiger partial charge in [-0.2, -0.15) is 0 Å². The third-order valence-corrected chi connectivity index (χ3v) is 4.02. The van der Waals surface area contributed by atoms with Crippen LogP contribution in [0.15, 0.2) is 24.3 Å². The van der Waals surface area contributed by atoms with Crippen molar-refractivity contribution in [3.8, 4) is 0 Å². The van der Waals surface area contributed by atoms with E-state index in [0.717, 1.165) is 38.3 Å². The Labute approximate surface area is 114 Å². The summed E-state index contributed by atoms with van der Waals surface area (Å²) in [5.74, 6) is 0.263. The van der Waals surface area contributed by atoms with Gasteiger partial charge >= 0.3 is 0 Å². The number of hydrogen-bond donors (Lipinski definition) is 2. The van der Waals surface area contributed by atoms with E-state index in [1.807, 2.05) is 12.1 Å². The number of rotatable bonds is 3. The zero-order valence-corrected chi connectivity index (χ0v) is 11.2. The number of amides is 1. The molecule has 0 bridgehead atoms. The molecule has 2 aliphatic rings. The fourth-order valence-electron chi connectivity index (χ4n) is 2.88. The SMILES string of the molecule is O=C(Nc1cccc(N2CCCC2)c1)C1CCNC1. The van der Waals surface area contributed by atoms with E-state index < -0.39 is 0 Å². The van der Waals surface area contributed by atoms with Crippen LogP contribution < -0.4 is 15.5 Å². The molecule has 2 N–H and O–H groups in total. The Morgan fingerprint density at radius 3 is 2.89 bits per heavy atom. The maximum Gasteiger partial charge on any atom is 0.228 e. The van der Waals surface area contributed by atoms with Crippen LogP contribution in [0.3, 0.4) is 0 Å². The first-order valence-electron chi connectivity index (χ1n) is 7.19. The molecule has 2 fully saturated rings. The van der Waals surface area contributed by atoms with Gasteiger partial charge in [-0.3, -0.25) is 4.79 Å². The normalized spacial score (nSPS) is 22.7. The first kappa shape index (κ1) is 12.5. The lowest BCUT2D eigenvalue weighted by molar-refractivity contribution is -0.119. The Hall–Kier alpha value is -1.55. The standard InChI is InChI=1S/C15H21N3O/c19-15(12-6-7-16-11-12)17-13-4-3-5-14(10-13)18-8-1-2-9-18/h3-5,10,12,16H,1-2,6-9,11H2,(H,17,19). The minimum atomic E-state index is 0.121. The number of carbonyl (C=O) groups is 1. The van der Waals surface area contributed by atoms with Gasteiger partial charge in [-0.1, -0.05) is 6.07 Å². The Morgan fingerprint density at radius 1 is 1.32 bits per heavy atom. The predicted molar refractivity (Wildman–Crippen MR) is 77.5 cm³/mol. The molecule has 1 amide bonds. The monoisotopic (exact) mass is 259 g/mol. The highest BCUT2D eigenvalue weighted by Crippen LogP contribution is 2.23. The van der Waals surface area contributed by atoms with Gasteiger partial charge in [0.1, 0.15) is 0 Å². The van der Waals surface area contributed by atoms with E-state index in [9.17, 15) is 4.79 Å². The van der Waals surface area contributed by atoms with Crippen molar-refractivity contribution < 1.29 is 4.79 Å². The second-order valence-corrected chi connectivity index (χ2v) is 5.42. The van der Waals surface area contributed by atoms with Crippen molar-refractivity contribution in [2.75, 3.05) is 36.4 Å². The third-order valence-electron chi connectivity index (χ3n) is 4.02. The molecule has 102 valence electrons. The number of carbonyl (C=O) groups excluding carboxylic acids is 1. The van der Waals surface area contributed by atoms with Gasteiger partial charge in [0.05, 0.1) is 5.92 Å². The summed E-state index contributed by atoms with van der Waals surface area (Å²) in [6, 6.07) is 8.21. The molecule has 2 saturated heterocycles. The van der Waals surface area contributed by atoms with Crippen LogP contribution >= 0.6 is 0 Å². The summed E-state index contributed by atoms with van der Waals surface area (Å²) in [6.07, 6.45) is 3.48. The summed E-state index contributed by atoms with van der Waals surface area (Å²) < 4.78 is 0. The minimum absolute atomic E-state index is 0.121. The van der Waals surface area contributed by atoms with Gasteiger partial charge < -0.3 is 15.5 Å². The number of anilines is 2. The summed E-state index contributed by atoms with van der Waals surface area (Å²) in [6.45, 7) is 4.01. The number of nitrogens with one attached hydrogen (secondary N) is 2. The maximum absolute atomic E-state index is 12.1. The zero-order chi connectivity index (χ0) is 13.1. The lowest BCUT2D eigenvalue weighted by Gasteiger charge is -2.19. The zero-order valence-electron chi connectivity index (χ0n) is 11.2. The van der Waals surface area contributed by atoms with Crippen LogP contribution in [0.1, 0.15) is 19.3 Å². The Kier molecular flexibility index (Phi) is 3.69. The first-order chi connectivity index (χ1) is 9.33. The molecular formula is C15H21N3O. The molecule has 0 radical (unpaired) electrons. The molecule has 1 aromatic carbocycles. The molecule has 4 heteroatoms. The summed E-state index contributed by atoms with van der Waals surface area (Å²) in [7, 11) is 0. The molecule has 0 aromatic heterocycles. The molecule has 2 heterocycles. The van der Waals surface area contributed by atoms with E-state index in [1.54, 1.807) is 0 Å². The first-order valence-corrected chi connectivity index (χ1v) is 7.19. The van der Waals surface area contributed by atoms with Crippen molar-refractivity contribution in [2.24, 2.45) is 5.92 Å². The fourth-order valence-corrected chi connectivity index (χ4v) is 2.88. The van der Waals surface area contributed by atoms with Crippen LogP contribution in [0.5, 0.6) is 0 Å². The van der Waals surface area contributed by atoms with E-state index in [2.05, 4.69) is 27.7 Å². The number of hydrogen-bond acceptors (Lipinski definition) is 3. The van der Waals surface area contributed by atoms with Crippen LogP contribution in [-0.2, 0) is 4.79 Å². The average Bonchev–Trinajstić information content (AvgIpc) is 3.13. The van der Waals surface area contributed by atoms with E-state index in [-0.39, 0.29) is 11.8 Å². The summed E-state index contributed by atoms with van der Waals surface area (Å²) >= 11 is 0. The Morgan fingerprint density at radius 2 is 2.16 bits per heavy atom. The second kappa shape index (κ2) is 5.61. The number of nitrogens with zero attached hydrogens (tertiary/aromatic N) is 1. The van der Waals surface area contributed by atoms with Crippen molar-refractivity contribution in [2.45, 2.75) is 19.3 Å². The molecule has 0 spiro atoms. The van der Waals surface area contributed by atoms with Gasteiger partial charge in [0, 0.05) is 31.0 Å². The largest absolute Gasteiger partial charge is 0.371 e. The van der Waals surface area contributed by atoms with Crippen LogP contribution in [-0.4, -0.2) is 32.1 Å². The minimum Gasteiger partial charge on any atom is -0.371 e. The quantitative estimate of drug-likeness (QED) is 0.870. The van der Waals surface area contributed by atoms with Crippen LogP contribution in [0.4, 0.5) is 11.4 Å². The lowest BCUT2D eigenvalue weighted by atomic mass is 10.1. The molecule has 1 unspecified atom stereocenters. The third kappa shape index (κ3) is 2.89. The fraction of sp³-hybridized carbons (Fsp3) is 0.533. The molecule has 0 saturated carbocycles. The summed E-state index contributed by atoms with van der Waals surface area (Å²) in [5, 5.41) is 6.27. The molecule has 3 rings (SSSR count). The van der Waals surface area contributed by atoms with Crippen LogP contribution in [0, 0.1) is 5.92 Å². The molecule has 1 atom stereocenters. The van der Waals surface area contributed by atoms with Gasteiger partial charge in [-0.25, -0.2) is 0 Å². The topological polar surface area (TPSA) is 44.4 Å². The van der Waals surface area contributed by atoms with Crippen molar-refractivity contribution in [3.05, 3.63) is 24.3 Å². The van der Waals surface area contributed by atoms with Gasteiger partial charge in [0.25, 0.3) is 0 Å². The Bertz CT molecular complexity index is 448. The molecule has 0 aliphatic carbocycles. The van der Waals surface area contributed by atoms with Crippen LogP contribution in [0.2, 0.25) is 0 Å².